The van der Waals surface area contributed by atoms with Crippen LogP contribution >= 0.6 is 0 Å². The molecule has 6 nitrogen and oxygen atoms in total. The Morgan fingerprint density at radius 2 is 2.00 bits per heavy atom. The predicted octanol–water partition coefficient (Wildman–Crippen LogP) is 1.72. The van der Waals surface area contributed by atoms with Gasteiger partial charge < -0.3 is 20.4 Å². The quantitative estimate of drug-likeness (QED) is 0.844. The molecule has 0 bridgehead atoms. The summed E-state index contributed by atoms with van der Waals surface area (Å²) in [6.45, 7) is 3.47. The monoisotopic (exact) mass is 360 g/mol. The van der Waals surface area contributed by atoms with Crippen molar-refractivity contribution in [2.45, 2.75) is 31.7 Å². The number of hydrogen-bond donors (Lipinski definition) is 2. The molecule has 2 N–H and O–H groups in total. The van der Waals surface area contributed by atoms with Gasteiger partial charge in [0.2, 0.25) is 5.91 Å². The number of halogens is 1. The van der Waals surface area contributed by atoms with Crippen LogP contribution in [0.4, 0.5) is 14.9 Å². The van der Waals surface area contributed by atoms with E-state index in [9.17, 15) is 14.0 Å². The number of hydrogen-bond acceptors (Lipinski definition) is 3. The normalized spacial score (nSPS) is 24.8. The lowest BCUT2D eigenvalue weighted by molar-refractivity contribution is -0.119. The summed E-state index contributed by atoms with van der Waals surface area (Å²) in [6, 6.07) is 6.75. The van der Waals surface area contributed by atoms with E-state index in [0.717, 1.165) is 32.4 Å². The van der Waals surface area contributed by atoms with Crippen LogP contribution in [0.25, 0.3) is 0 Å². The minimum absolute atomic E-state index is 0.0349. The standard InChI is InChI=1S/C19H25FN4O2/c20-15-3-1-2-4-16(15)24-8-5-14(12-24)22-18(26)23-9-6-19(7-10-23)11-17(25)21-13-19/h1-4,14H,5-13H2,(H,21,25)(H,22,26). The lowest BCUT2D eigenvalue weighted by Gasteiger charge is -2.38. The molecule has 1 unspecified atom stereocenters. The summed E-state index contributed by atoms with van der Waals surface area (Å²) in [7, 11) is 0. The largest absolute Gasteiger partial charge is 0.367 e. The van der Waals surface area contributed by atoms with Gasteiger partial charge in [-0.15, -0.1) is 0 Å². The molecular formula is C19H25FN4O2. The number of nitrogens with one attached hydrogen (secondary N) is 2. The highest BCUT2D eigenvalue weighted by atomic mass is 19.1. The van der Waals surface area contributed by atoms with Crippen molar-refractivity contribution in [3.05, 3.63) is 30.1 Å². The second kappa shape index (κ2) is 6.78. The molecule has 1 spiro atoms. The van der Waals surface area contributed by atoms with Crippen molar-refractivity contribution in [2.24, 2.45) is 5.41 Å². The molecule has 4 rings (SSSR count). The van der Waals surface area contributed by atoms with Gasteiger partial charge in [0.15, 0.2) is 0 Å². The lowest BCUT2D eigenvalue weighted by Crippen LogP contribution is -2.50. The summed E-state index contributed by atoms with van der Waals surface area (Å²) < 4.78 is 13.9. The molecule has 0 aliphatic carbocycles. The van der Waals surface area contributed by atoms with Crippen LogP contribution in [0.2, 0.25) is 0 Å². The first-order chi connectivity index (χ1) is 12.5. The molecule has 1 aromatic carbocycles. The Hall–Kier alpha value is -2.31. The Kier molecular flexibility index (Phi) is 4.46. The number of benzene rings is 1. The summed E-state index contributed by atoms with van der Waals surface area (Å²) in [5.41, 5.74) is 0.644. The number of rotatable bonds is 2. The first-order valence-corrected chi connectivity index (χ1v) is 9.36. The van der Waals surface area contributed by atoms with Crippen molar-refractivity contribution < 1.29 is 14.0 Å². The van der Waals surface area contributed by atoms with E-state index in [0.29, 0.717) is 31.7 Å². The van der Waals surface area contributed by atoms with Gasteiger partial charge in [0.1, 0.15) is 5.82 Å². The maximum absolute atomic E-state index is 13.9. The fourth-order valence-corrected chi connectivity index (χ4v) is 4.36. The molecule has 0 aromatic heterocycles. The van der Waals surface area contributed by atoms with Gasteiger partial charge in [-0.2, -0.15) is 0 Å². The number of likely N-dealkylation sites (tertiary alicyclic amines) is 1. The highest BCUT2D eigenvalue weighted by Crippen LogP contribution is 2.37. The second-order valence-corrected chi connectivity index (χ2v) is 7.77. The van der Waals surface area contributed by atoms with E-state index >= 15 is 0 Å². The van der Waals surface area contributed by atoms with Gasteiger partial charge >= 0.3 is 6.03 Å². The maximum atomic E-state index is 13.9. The SMILES string of the molecule is O=C1CC2(CCN(C(=O)NC3CCN(c4ccccc4F)C3)CC2)CN1. The number of amides is 3. The zero-order valence-corrected chi connectivity index (χ0v) is 14.8. The van der Waals surface area contributed by atoms with Crippen LogP contribution in [0, 0.1) is 11.2 Å². The van der Waals surface area contributed by atoms with E-state index in [1.165, 1.54) is 6.07 Å². The molecule has 1 aromatic rings. The molecule has 26 heavy (non-hydrogen) atoms. The Balaban J connectivity index is 1.28. The van der Waals surface area contributed by atoms with E-state index in [2.05, 4.69) is 10.6 Å². The van der Waals surface area contributed by atoms with Crippen molar-refractivity contribution in [1.82, 2.24) is 15.5 Å². The Bertz CT molecular complexity index is 703. The number of nitrogens with zero attached hydrogens (tertiary/aromatic N) is 2. The average Bonchev–Trinajstić information content (AvgIpc) is 3.23. The van der Waals surface area contributed by atoms with E-state index < -0.39 is 0 Å². The fraction of sp³-hybridized carbons (Fsp3) is 0.579. The Morgan fingerprint density at radius 3 is 2.69 bits per heavy atom. The molecule has 3 fully saturated rings. The van der Waals surface area contributed by atoms with E-state index in [-0.39, 0.29) is 29.2 Å². The molecule has 0 radical (unpaired) electrons. The zero-order chi connectivity index (χ0) is 18.1. The Morgan fingerprint density at radius 1 is 1.23 bits per heavy atom. The molecule has 1 atom stereocenters. The van der Waals surface area contributed by atoms with E-state index in [1.807, 2.05) is 15.9 Å². The summed E-state index contributed by atoms with van der Waals surface area (Å²) in [4.78, 5) is 27.9. The van der Waals surface area contributed by atoms with E-state index in [1.54, 1.807) is 12.1 Å². The first kappa shape index (κ1) is 17.1. The molecule has 3 amide bonds. The number of piperidine rings is 1. The van der Waals surface area contributed by atoms with Crippen LogP contribution in [0.1, 0.15) is 25.7 Å². The zero-order valence-electron chi connectivity index (χ0n) is 14.8. The number of para-hydroxylation sites is 1. The molecule has 3 aliphatic rings. The minimum atomic E-state index is -0.222. The summed E-state index contributed by atoms with van der Waals surface area (Å²) in [5, 5.41) is 6.01. The summed E-state index contributed by atoms with van der Waals surface area (Å²) >= 11 is 0. The molecule has 3 heterocycles. The van der Waals surface area contributed by atoms with Crippen LogP contribution in [0.5, 0.6) is 0 Å². The Labute approximate surface area is 152 Å². The third-order valence-corrected chi connectivity index (χ3v) is 6.02. The average molecular weight is 360 g/mol. The van der Waals surface area contributed by atoms with Gasteiger partial charge in [0.25, 0.3) is 0 Å². The summed E-state index contributed by atoms with van der Waals surface area (Å²) in [5.74, 6) is -0.0948. The van der Waals surface area contributed by atoms with E-state index in [4.69, 9.17) is 0 Å². The highest BCUT2D eigenvalue weighted by molar-refractivity contribution is 5.79. The number of carbonyl (C=O) groups excluding carboxylic acids is 2. The van der Waals surface area contributed by atoms with Crippen LogP contribution < -0.4 is 15.5 Å². The van der Waals surface area contributed by atoms with Crippen LogP contribution in [-0.2, 0) is 4.79 Å². The molecule has 3 aliphatic heterocycles. The van der Waals surface area contributed by atoms with Crippen molar-refractivity contribution in [2.75, 3.05) is 37.6 Å². The van der Waals surface area contributed by atoms with Crippen LogP contribution in [0.3, 0.4) is 0 Å². The van der Waals surface area contributed by atoms with Crippen molar-refractivity contribution in [3.8, 4) is 0 Å². The maximum Gasteiger partial charge on any atom is 0.317 e. The third kappa shape index (κ3) is 3.34. The predicted molar refractivity (Wildman–Crippen MR) is 96.4 cm³/mol. The smallest absolute Gasteiger partial charge is 0.317 e. The lowest BCUT2D eigenvalue weighted by atomic mass is 9.78. The fourth-order valence-electron chi connectivity index (χ4n) is 4.36. The van der Waals surface area contributed by atoms with Gasteiger partial charge in [0.05, 0.1) is 5.69 Å². The van der Waals surface area contributed by atoms with Gasteiger partial charge in [0, 0.05) is 45.2 Å². The van der Waals surface area contributed by atoms with Gasteiger partial charge in [-0.1, -0.05) is 12.1 Å². The highest BCUT2D eigenvalue weighted by Gasteiger charge is 2.42. The number of urea groups is 1. The second-order valence-electron chi connectivity index (χ2n) is 7.77. The first-order valence-electron chi connectivity index (χ1n) is 9.36. The van der Waals surface area contributed by atoms with Crippen molar-refractivity contribution in [1.29, 1.82) is 0 Å². The topological polar surface area (TPSA) is 64.7 Å². The van der Waals surface area contributed by atoms with Crippen molar-refractivity contribution in [3.63, 3.8) is 0 Å². The number of anilines is 1. The van der Waals surface area contributed by atoms with Gasteiger partial charge in [-0.25, -0.2) is 9.18 Å². The molecule has 3 saturated heterocycles. The third-order valence-electron chi connectivity index (χ3n) is 6.02. The molecule has 140 valence electrons. The van der Waals surface area contributed by atoms with Crippen LogP contribution in [-0.4, -0.2) is 55.6 Å². The summed E-state index contributed by atoms with van der Waals surface area (Å²) in [6.07, 6.45) is 3.13. The van der Waals surface area contributed by atoms with Gasteiger partial charge in [-0.3, -0.25) is 4.79 Å². The number of carbonyl (C=O) groups is 2. The molecular weight excluding hydrogens is 335 g/mol. The van der Waals surface area contributed by atoms with Gasteiger partial charge in [-0.05, 0) is 36.8 Å². The molecule has 7 heteroatoms. The minimum Gasteiger partial charge on any atom is -0.367 e. The van der Waals surface area contributed by atoms with Crippen LogP contribution in [0.15, 0.2) is 24.3 Å². The molecule has 0 saturated carbocycles. The van der Waals surface area contributed by atoms with Crippen molar-refractivity contribution >= 4 is 17.6 Å².